The van der Waals surface area contributed by atoms with Gasteiger partial charge in [0.05, 0.1) is 5.56 Å². The lowest BCUT2D eigenvalue weighted by Crippen LogP contribution is -2.35. The second kappa shape index (κ2) is 7.66. The SMILES string of the molecule is O=C(O)C1=C(C(=O)Nc2sc3c(c2-c2nc(C4CC4)ns2)CCC(F)(F)C3)C2CCC1CC2. The zero-order valence-electron chi connectivity index (χ0n) is 17.8. The number of halogens is 2. The number of fused-ring (bicyclic) bond motifs is 3. The lowest BCUT2D eigenvalue weighted by molar-refractivity contribution is -0.134. The third kappa shape index (κ3) is 3.71. The fourth-order valence-electron chi connectivity index (χ4n) is 5.59. The molecule has 0 aromatic carbocycles. The summed E-state index contributed by atoms with van der Waals surface area (Å²) in [6.45, 7) is 0. The maximum Gasteiger partial charge on any atom is 0.332 e. The van der Waals surface area contributed by atoms with Crippen LogP contribution >= 0.6 is 22.9 Å². The molecule has 2 N–H and O–H groups in total. The summed E-state index contributed by atoms with van der Waals surface area (Å²) in [7, 11) is 0. The van der Waals surface area contributed by atoms with Crippen LogP contribution in [0.5, 0.6) is 0 Å². The zero-order valence-corrected chi connectivity index (χ0v) is 19.5. The van der Waals surface area contributed by atoms with Crippen LogP contribution in [-0.2, 0) is 22.4 Å². The van der Waals surface area contributed by atoms with Crippen molar-refractivity contribution in [3.63, 3.8) is 0 Å². The summed E-state index contributed by atoms with van der Waals surface area (Å²) in [5.74, 6) is -3.21. The first-order valence-corrected chi connectivity index (χ1v) is 13.0. The van der Waals surface area contributed by atoms with Crippen LogP contribution in [0.1, 0.15) is 67.1 Å². The number of hydrogen-bond donors (Lipinski definition) is 2. The first kappa shape index (κ1) is 21.3. The fraction of sp³-hybridized carbons (Fsp3) is 0.565. The number of hydrogen-bond acceptors (Lipinski definition) is 6. The highest BCUT2D eigenvalue weighted by molar-refractivity contribution is 7.18. The van der Waals surface area contributed by atoms with Crippen molar-refractivity contribution in [2.45, 2.75) is 69.6 Å². The van der Waals surface area contributed by atoms with Crippen molar-refractivity contribution in [2.75, 3.05) is 5.32 Å². The van der Waals surface area contributed by atoms with E-state index in [1.165, 1.54) is 22.9 Å². The van der Waals surface area contributed by atoms with E-state index in [9.17, 15) is 23.5 Å². The number of thiophene rings is 1. The maximum absolute atomic E-state index is 14.2. The molecule has 10 heteroatoms. The standard InChI is InChI=1S/C23H23F2N3O3S2/c24-23(25)8-7-13-14(9-23)32-20(17(13)21-26-18(28-33-21)12-5-6-12)27-19(29)15-10-1-3-11(4-2-10)16(15)22(30)31/h10-12H,1-9H2,(H,27,29)(H,30,31). The molecular formula is C23H23F2N3O3S2. The van der Waals surface area contributed by atoms with Crippen LogP contribution in [0.4, 0.5) is 13.8 Å². The topological polar surface area (TPSA) is 92.2 Å². The molecule has 5 aliphatic carbocycles. The van der Waals surface area contributed by atoms with Gasteiger partial charge in [-0.05, 0) is 73.9 Å². The normalized spacial score (nSPS) is 25.8. The Morgan fingerprint density at radius 3 is 2.36 bits per heavy atom. The average molecular weight is 492 g/mol. The van der Waals surface area contributed by atoms with Crippen LogP contribution < -0.4 is 5.32 Å². The van der Waals surface area contributed by atoms with Crippen LogP contribution in [0.3, 0.4) is 0 Å². The van der Waals surface area contributed by atoms with Crippen molar-refractivity contribution in [1.29, 1.82) is 0 Å². The van der Waals surface area contributed by atoms with Crippen LogP contribution in [-0.4, -0.2) is 32.3 Å². The molecule has 0 aliphatic heterocycles. The predicted octanol–water partition coefficient (Wildman–Crippen LogP) is 5.41. The molecule has 2 saturated carbocycles. The quantitative estimate of drug-likeness (QED) is 0.584. The predicted molar refractivity (Wildman–Crippen MR) is 121 cm³/mol. The molecule has 7 rings (SSSR count). The second-order valence-corrected chi connectivity index (χ2v) is 11.5. The summed E-state index contributed by atoms with van der Waals surface area (Å²) in [5.41, 5.74) is 2.11. The number of aromatic nitrogens is 2. The molecule has 0 radical (unpaired) electrons. The Morgan fingerprint density at radius 1 is 1.03 bits per heavy atom. The largest absolute Gasteiger partial charge is 0.478 e. The monoisotopic (exact) mass is 491 g/mol. The molecule has 2 aromatic rings. The molecule has 0 saturated heterocycles. The minimum Gasteiger partial charge on any atom is -0.478 e. The summed E-state index contributed by atoms with van der Waals surface area (Å²) in [6, 6.07) is 0. The number of rotatable bonds is 5. The molecule has 0 spiro atoms. The molecule has 174 valence electrons. The van der Waals surface area contributed by atoms with Gasteiger partial charge < -0.3 is 10.4 Å². The molecule has 2 heterocycles. The summed E-state index contributed by atoms with van der Waals surface area (Å²) in [5, 5.41) is 13.9. The van der Waals surface area contributed by atoms with Crippen molar-refractivity contribution in [3.8, 4) is 10.6 Å². The van der Waals surface area contributed by atoms with Crippen LogP contribution in [0.25, 0.3) is 10.6 Å². The van der Waals surface area contributed by atoms with Crippen molar-refractivity contribution >= 4 is 39.7 Å². The number of carboxylic acids is 1. The van der Waals surface area contributed by atoms with E-state index in [1.54, 1.807) is 0 Å². The minimum absolute atomic E-state index is 0.0635. The van der Waals surface area contributed by atoms with Crippen molar-refractivity contribution < 1.29 is 23.5 Å². The van der Waals surface area contributed by atoms with E-state index in [2.05, 4.69) is 9.69 Å². The van der Waals surface area contributed by atoms with Gasteiger partial charge >= 0.3 is 5.97 Å². The number of carboxylic acid groups (broad SMARTS) is 1. The highest BCUT2D eigenvalue weighted by Crippen LogP contribution is 2.50. The van der Waals surface area contributed by atoms with E-state index in [0.29, 0.717) is 31.9 Å². The molecule has 0 atom stereocenters. The summed E-state index contributed by atoms with van der Waals surface area (Å²) in [4.78, 5) is 30.6. The van der Waals surface area contributed by atoms with E-state index in [4.69, 9.17) is 4.98 Å². The summed E-state index contributed by atoms with van der Waals surface area (Å²) < 4.78 is 32.8. The van der Waals surface area contributed by atoms with E-state index < -0.39 is 17.8 Å². The highest BCUT2D eigenvalue weighted by Gasteiger charge is 2.42. The summed E-state index contributed by atoms with van der Waals surface area (Å²) in [6.07, 6.45) is 4.97. The molecule has 33 heavy (non-hydrogen) atoms. The third-order valence-electron chi connectivity index (χ3n) is 7.38. The molecule has 6 nitrogen and oxygen atoms in total. The van der Waals surface area contributed by atoms with Gasteiger partial charge in [0.1, 0.15) is 15.8 Å². The lowest BCUT2D eigenvalue weighted by Gasteiger charge is -2.37. The van der Waals surface area contributed by atoms with Gasteiger partial charge in [0, 0.05) is 34.8 Å². The Labute approximate surface area is 197 Å². The van der Waals surface area contributed by atoms with Gasteiger partial charge in [-0.15, -0.1) is 11.3 Å². The number of amides is 1. The van der Waals surface area contributed by atoms with Gasteiger partial charge in [-0.1, -0.05) is 0 Å². The third-order valence-corrected chi connectivity index (χ3v) is 9.28. The summed E-state index contributed by atoms with van der Waals surface area (Å²) >= 11 is 2.41. The number of carbonyl (C=O) groups is 2. The van der Waals surface area contributed by atoms with Gasteiger partial charge in [0.25, 0.3) is 11.8 Å². The minimum atomic E-state index is -2.77. The van der Waals surface area contributed by atoms with Crippen molar-refractivity contribution in [1.82, 2.24) is 9.36 Å². The number of carbonyl (C=O) groups excluding carboxylic acids is 1. The van der Waals surface area contributed by atoms with Crippen LogP contribution in [0, 0.1) is 11.8 Å². The molecule has 2 aromatic heterocycles. The number of anilines is 1. The van der Waals surface area contributed by atoms with E-state index in [-0.39, 0.29) is 36.7 Å². The Hall–Kier alpha value is -2.20. The zero-order chi connectivity index (χ0) is 22.9. The Bertz CT molecular complexity index is 1190. The smallest absolute Gasteiger partial charge is 0.332 e. The first-order valence-electron chi connectivity index (χ1n) is 11.5. The van der Waals surface area contributed by atoms with Gasteiger partial charge in [-0.2, -0.15) is 4.37 Å². The lowest BCUT2D eigenvalue weighted by atomic mass is 9.66. The van der Waals surface area contributed by atoms with E-state index in [1.807, 2.05) is 0 Å². The first-order chi connectivity index (χ1) is 15.8. The van der Waals surface area contributed by atoms with Crippen LogP contribution in [0.15, 0.2) is 11.1 Å². The number of nitrogens with zero attached hydrogens (tertiary/aromatic N) is 2. The van der Waals surface area contributed by atoms with E-state index in [0.717, 1.165) is 49.9 Å². The Balaban J connectivity index is 1.40. The molecule has 5 aliphatic rings. The maximum atomic E-state index is 14.2. The van der Waals surface area contributed by atoms with Gasteiger partial charge in [0.15, 0.2) is 0 Å². The molecular weight excluding hydrogens is 468 g/mol. The highest BCUT2D eigenvalue weighted by atomic mass is 32.1. The Morgan fingerprint density at radius 2 is 1.70 bits per heavy atom. The number of aliphatic carboxylic acids is 1. The Kier molecular flexibility index (Phi) is 4.95. The van der Waals surface area contributed by atoms with Gasteiger partial charge in [-0.3, -0.25) is 4.79 Å². The molecule has 2 bridgehead atoms. The molecule has 1 amide bonds. The fourth-order valence-corrected chi connectivity index (χ4v) is 7.80. The van der Waals surface area contributed by atoms with Crippen molar-refractivity contribution in [2.24, 2.45) is 11.8 Å². The van der Waals surface area contributed by atoms with Crippen molar-refractivity contribution in [3.05, 3.63) is 27.4 Å². The molecule has 2 fully saturated rings. The average Bonchev–Trinajstić information content (AvgIpc) is 3.42. The second-order valence-electron chi connectivity index (χ2n) is 9.61. The van der Waals surface area contributed by atoms with Gasteiger partial charge in [0.2, 0.25) is 0 Å². The molecule has 0 unspecified atom stereocenters. The number of alkyl halides is 2. The number of nitrogens with one attached hydrogen (secondary N) is 1. The van der Waals surface area contributed by atoms with Gasteiger partial charge in [-0.25, -0.2) is 18.6 Å². The van der Waals surface area contributed by atoms with E-state index >= 15 is 0 Å². The van der Waals surface area contributed by atoms with Crippen LogP contribution in [0.2, 0.25) is 0 Å².